The van der Waals surface area contributed by atoms with E-state index in [0.717, 1.165) is 23.9 Å². The van der Waals surface area contributed by atoms with Crippen LogP contribution in [-0.4, -0.2) is 34.8 Å². The molecule has 23 heavy (non-hydrogen) atoms. The van der Waals surface area contributed by atoms with Crippen LogP contribution < -0.4 is 0 Å². The second-order valence-corrected chi connectivity index (χ2v) is 7.29. The summed E-state index contributed by atoms with van der Waals surface area (Å²) in [4.78, 5) is 22.1. The third kappa shape index (κ3) is 14.3. The lowest BCUT2D eigenvalue weighted by molar-refractivity contribution is -0.137. The van der Waals surface area contributed by atoms with E-state index in [4.69, 9.17) is 10.2 Å². The number of rotatable bonds is 8. The number of aliphatic hydroxyl groups excluding tert-OH is 1. The molecule has 0 aliphatic heterocycles. The molecule has 0 spiro atoms. The van der Waals surface area contributed by atoms with Crippen LogP contribution in [0.25, 0.3) is 0 Å². The standard InChI is InChI=1S/C13H16O3S2.C3H8.CH4O/c1-10(6-7-13(15)16)17-18-12-5-3-2-4-11(12)8-9-14;1-3-2;1-2/h2-5,9-10H,6-8H2,1H3,(H,15,16);3H2,1-2H3;2H,1H3. The maximum Gasteiger partial charge on any atom is 0.303 e. The summed E-state index contributed by atoms with van der Waals surface area (Å²) in [6.07, 6.45) is 3.43. The molecule has 0 saturated carbocycles. The molecular formula is C17H28O4S2. The number of aliphatic carboxylic acids is 1. The minimum absolute atomic E-state index is 0.199. The molecule has 1 atom stereocenters. The molecule has 1 aromatic rings. The fourth-order valence-electron chi connectivity index (χ4n) is 1.35. The van der Waals surface area contributed by atoms with Crippen LogP contribution in [0.4, 0.5) is 0 Å². The van der Waals surface area contributed by atoms with E-state index in [2.05, 4.69) is 13.8 Å². The number of aliphatic hydroxyl groups is 1. The Labute approximate surface area is 147 Å². The normalized spacial score (nSPS) is 10.5. The van der Waals surface area contributed by atoms with E-state index in [0.29, 0.717) is 12.8 Å². The lowest BCUT2D eigenvalue weighted by Gasteiger charge is -2.10. The summed E-state index contributed by atoms with van der Waals surface area (Å²) in [6, 6.07) is 7.79. The molecule has 0 heterocycles. The summed E-state index contributed by atoms with van der Waals surface area (Å²) in [6.45, 7) is 6.27. The molecular weight excluding hydrogens is 332 g/mol. The minimum atomic E-state index is -0.756. The third-order valence-electron chi connectivity index (χ3n) is 2.34. The largest absolute Gasteiger partial charge is 0.481 e. The van der Waals surface area contributed by atoms with Crippen molar-refractivity contribution in [2.75, 3.05) is 7.11 Å². The van der Waals surface area contributed by atoms with Gasteiger partial charge in [-0.3, -0.25) is 4.79 Å². The molecule has 0 aromatic heterocycles. The first-order chi connectivity index (χ1) is 11.0. The van der Waals surface area contributed by atoms with Gasteiger partial charge in [0.1, 0.15) is 6.29 Å². The first kappa shape index (κ1) is 24.3. The van der Waals surface area contributed by atoms with E-state index in [-0.39, 0.29) is 11.7 Å². The van der Waals surface area contributed by atoms with Gasteiger partial charge >= 0.3 is 5.97 Å². The lowest BCUT2D eigenvalue weighted by atomic mass is 10.2. The summed E-state index contributed by atoms with van der Waals surface area (Å²) < 4.78 is 0. The Kier molecular flexibility index (Phi) is 18.3. The Morgan fingerprint density at radius 2 is 1.83 bits per heavy atom. The van der Waals surface area contributed by atoms with Crippen molar-refractivity contribution in [3.63, 3.8) is 0 Å². The van der Waals surface area contributed by atoms with Crippen molar-refractivity contribution in [3.05, 3.63) is 29.8 Å². The first-order valence-electron chi connectivity index (χ1n) is 7.56. The molecule has 1 rings (SSSR count). The Bertz CT molecular complexity index is 425. The molecule has 0 amide bonds. The highest BCUT2D eigenvalue weighted by Gasteiger charge is 2.09. The van der Waals surface area contributed by atoms with Gasteiger partial charge in [0.2, 0.25) is 0 Å². The second-order valence-electron chi connectivity index (χ2n) is 4.61. The Morgan fingerprint density at radius 3 is 2.35 bits per heavy atom. The van der Waals surface area contributed by atoms with Gasteiger partial charge in [-0.05, 0) is 18.1 Å². The van der Waals surface area contributed by atoms with Crippen molar-refractivity contribution >= 4 is 33.8 Å². The molecule has 4 nitrogen and oxygen atoms in total. The highest BCUT2D eigenvalue weighted by Crippen LogP contribution is 2.37. The number of benzene rings is 1. The zero-order valence-electron chi connectivity index (χ0n) is 14.3. The minimum Gasteiger partial charge on any atom is -0.481 e. The molecule has 0 saturated heterocycles. The molecule has 0 radical (unpaired) electrons. The molecule has 6 heteroatoms. The van der Waals surface area contributed by atoms with E-state index in [9.17, 15) is 9.59 Å². The van der Waals surface area contributed by atoms with Gasteiger partial charge in [-0.2, -0.15) is 0 Å². The predicted molar refractivity (Wildman–Crippen MR) is 100 cm³/mol. The number of carbonyl (C=O) groups excluding carboxylic acids is 1. The van der Waals surface area contributed by atoms with Crippen molar-refractivity contribution in [2.24, 2.45) is 0 Å². The van der Waals surface area contributed by atoms with Gasteiger partial charge in [0, 0.05) is 30.1 Å². The summed E-state index contributed by atoms with van der Waals surface area (Å²) in [7, 11) is 4.26. The predicted octanol–water partition coefficient (Wildman–Crippen LogP) is 4.45. The van der Waals surface area contributed by atoms with E-state index >= 15 is 0 Å². The van der Waals surface area contributed by atoms with Crippen LogP contribution in [0, 0.1) is 0 Å². The van der Waals surface area contributed by atoms with Crippen LogP contribution in [0.2, 0.25) is 0 Å². The van der Waals surface area contributed by atoms with E-state index in [1.54, 1.807) is 21.6 Å². The molecule has 0 aliphatic rings. The van der Waals surface area contributed by atoms with Gasteiger partial charge in [0.05, 0.1) is 0 Å². The zero-order valence-corrected chi connectivity index (χ0v) is 16.0. The molecule has 1 aromatic carbocycles. The van der Waals surface area contributed by atoms with Gasteiger partial charge in [-0.25, -0.2) is 0 Å². The van der Waals surface area contributed by atoms with Gasteiger partial charge in [0.15, 0.2) is 0 Å². The van der Waals surface area contributed by atoms with Crippen LogP contribution in [0.1, 0.15) is 45.6 Å². The van der Waals surface area contributed by atoms with Crippen LogP contribution in [0.15, 0.2) is 29.2 Å². The lowest BCUT2D eigenvalue weighted by Crippen LogP contribution is -2.01. The molecule has 0 fully saturated rings. The molecule has 0 aliphatic carbocycles. The van der Waals surface area contributed by atoms with E-state index in [1.807, 2.05) is 31.2 Å². The fourth-order valence-corrected chi connectivity index (χ4v) is 3.81. The van der Waals surface area contributed by atoms with E-state index in [1.165, 1.54) is 6.42 Å². The fraction of sp³-hybridized carbons (Fsp3) is 0.529. The highest BCUT2D eigenvalue weighted by molar-refractivity contribution is 8.76. The maximum atomic E-state index is 10.6. The Morgan fingerprint density at radius 1 is 1.26 bits per heavy atom. The number of hydrogen-bond acceptors (Lipinski definition) is 5. The number of carbonyl (C=O) groups is 2. The summed E-state index contributed by atoms with van der Waals surface area (Å²) in [5.41, 5.74) is 1.02. The van der Waals surface area contributed by atoms with Crippen molar-refractivity contribution in [3.8, 4) is 0 Å². The second kappa shape index (κ2) is 17.4. The van der Waals surface area contributed by atoms with Gasteiger partial charge in [0.25, 0.3) is 0 Å². The number of carboxylic acids is 1. The molecule has 1 unspecified atom stereocenters. The zero-order chi connectivity index (χ0) is 18.1. The highest BCUT2D eigenvalue weighted by atomic mass is 33.1. The topological polar surface area (TPSA) is 74.6 Å². The number of hydrogen-bond donors (Lipinski definition) is 2. The van der Waals surface area contributed by atoms with Crippen LogP contribution in [0.5, 0.6) is 0 Å². The average molecular weight is 361 g/mol. The molecule has 132 valence electrons. The number of carboxylic acid groups (broad SMARTS) is 1. The Balaban J connectivity index is 0. The monoisotopic (exact) mass is 360 g/mol. The first-order valence-corrected chi connectivity index (χ1v) is 9.77. The van der Waals surface area contributed by atoms with E-state index < -0.39 is 5.97 Å². The van der Waals surface area contributed by atoms with Crippen LogP contribution in [-0.2, 0) is 16.0 Å². The number of aldehydes is 1. The Hall–Kier alpha value is -0.980. The molecule has 0 bridgehead atoms. The molecule has 2 N–H and O–H groups in total. The van der Waals surface area contributed by atoms with Crippen molar-refractivity contribution in [1.82, 2.24) is 0 Å². The van der Waals surface area contributed by atoms with Gasteiger partial charge in [-0.1, -0.05) is 67.0 Å². The third-order valence-corrected chi connectivity index (χ3v) is 5.39. The van der Waals surface area contributed by atoms with Gasteiger partial charge < -0.3 is 15.0 Å². The van der Waals surface area contributed by atoms with Crippen LogP contribution >= 0.6 is 21.6 Å². The summed E-state index contributed by atoms with van der Waals surface area (Å²) >= 11 is 0. The van der Waals surface area contributed by atoms with Crippen molar-refractivity contribution < 1.29 is 19.8 Å². The summed E-state index contributed by atoms with van der Waals surface area (Å²) in [5, 5.41) is 15.9. The summed E-state index contributed by atoms with van der Waals surface area (Å²) in [5.74, 6) is -0.756. The maximum absolute atomic E-state index is 10.6. The van der Waals surface area contributed by atoms with Crippen molar-refractivity contribution in [1.29, 1.82) is 0 Å². The average Bonchev–Trinajstić information content (AvgIpc) is 2.55. The smallest absolute Gasteiger partial charge is 0.303 e. The SMILES string of the molecule is CC(CCC(=O)O)SSc1ccccc1CC=O.CCC.CO. The van der Waals surface area contributed by atoms with Gasteiger partial charge in [-0.15, -0.1) is 0 Å². The van der Waals surface area contributed by atoms with Crippen LogP contribution in [0.3, 0.4) is 0 Å². The van der Waals surface area contributed by atoms with Crippen molar-refractivity contribution in [2.45, 2.75) is 56.6 Å². The quantitative estimate of drug-likeness (QED) is 0.527.